The molecule has 1 heterocycles. The molecule has 0 aliphatic carbocycles. The Hall–Kier alpha value is -0.120. The summed E-state index contributed by atoms with van der Waals surface area (Å²) in [5.74, 6) is 0. The van der Waals surface area contributed by atoms with Crippen LogP contribution in [0.25, 0.3) is 0 Å². The maximum atomic E-state index is 9.02. The van der Waals surface area contributed by atoms with Crippen molar-refractivity contribution in [1.29, 1.82) is 0 Å². The van der Waals surface area contributed by atoms with E-state index in [1.807, 2.05) is 0 Å². The summed E-state index contributed by atoms with van der Waals surface area (Å²) in [6, 6.07) is 0.884. The van der Waals surface area contributed by atoms with Crippen LogP contribution in [0, 0.1) is 0 Å². The second kappa shape index (κ2) is 4.04. The molecule has 3 heteroatoms. The molecule has 1 saturated heterocycles. The Morgan fingerprint density at radius 1 is 1.64 bits per heavy atom. The van der Waals surface area contributed by atoms with Crippen LogP contribution >= 0.6 is 0 Å². The van der Waals surface area contributed by atoms with E-state index in [2.05, 4.69) is 24.2 Å². The first-order valence-corrected chi connectivity index (χ1v) is 4.29. The van der Waals surface area contributed by atoms with Gasteiger partial charge in [0.05, 0.1) is 6.61 Å². The summed E-state index contributed by atoms with van der Waals surface area (Å²) in [6.07, 6.45) is 1.17. The van der Waals surface area contributed by atoms with E-state index in [0.29, 0.717) is 12.1 Å². The topological polar surface area (TPSA) is 35.5 Å². The molecule has 0 radical (unpaired) electrons. The molecule has 0 aromatic rings. The van der Waals surface area contributed by atoms with Gasteiger partial charge < -0.3 is 10.4 Å². The van der Waals surface area contributed by atoms with Crippen LogP contribution < -0.4 is 5.32 Å². The van der Waals surface area contributed by atoms with E-state index >= 15 is 0 Å². The van der Waals surface area contributed by atoms with Crippen molar-refractivity contribution in [1.82, 2.24) is 10.2 Å². The van der Waals surface area contributed by atoms with Crippen LogP contribution in [0.5, 0.6) is 0 Å². The average Bonchev–Trinajstić information content (AvgIpc) is 2.16. The summed E-state index contributed by atoms with van der Waals surface area (Å²) in [6.45, 7) is 4.45. The Labute approximate surface area is 68.4 Å². The molecule has 1 aliphatic heterocycles. The van der Waals surface area contributed by atoms with Crippen LogP contribution in [-0.2, 0) is 0 Å². The van der Waals surface area contributed by atoms with Crippen molar-refractivity contribution in [3.05, 3.63) is 0 Å². The second-order valence-electron chi connectivity index (χ2n) is 3.34. The number of nitrogens with zero attached hydrogens (tertiary/aromatic N) is 1. The average molecular weight is 158 g/mol. The third kappa shape index (κ3) is 2.15. The maximum Gasteiger partial charge on any atom is 0.0599 e. The van der Waals surface area contributed by atoms with Gasteiger partial charge in [0.1, 0.15) is 0 Å². The van der Waals surface area contributed by atoms with Crippen LogP contribution in [-0.4, -0.2) is 48.8 Å². The lowest BCUT2D eigenvalue weighted by Gasteiger charge is -2.28. The maximum absolute atomic E-state index is 9.02. The van der Waals surface area contributed by atoms with Crippen LogP contribution in [0.4, 0.5) is 0 Å². The second-order valence-corrected chi connectivity index (χ2v) is 3.34. The normalized spacial score (nSPS) is 35.2. The summed E-state index contributed by atoms with van der Waals surface area (Å²) in [5.41, 5.74) is 0. The molecule has 0 spiro atoms. The van der Waals surface area contributed by atoms with Crippen molar-refractivity contribution >= 4 is 0 Å². The predicted molar refractivity (Wildman–Crippen MR) is 45.6 cm³/mol. The minimum Gasteiger partial charge on any atom is -0.395 e. The van der Waals surface area contributed by atoms with Gasteiger partial charge in [0.2, 0.25) is 0 Å². The molecule has 0 aromatic carbocycles. The highest BCUT2D eigenvalue weighted by Crippen LogP contribution is 2.07. The largest absolute Gasteiger partial charge is 0.395 e. The van der Waals surface area contributed by atoms with Crippen molar-refractivity contribution in [3.63, 3.8) is 0 Å². The van der Waals surface area contributed by atoms with E-state index in [9.17, 15) is 0 Å². The third-order valence-electron chi connectivity index (χ3n) is 2.60. The van der Waals surface area contributed by atoms with Crippen LogP contribution in [0.3, 0.4) is 0 Å². The SMILES string of the molecule is CC1CCNCC(CO)N1C. The quantitative estimate of drug-likeness (QED) is 0.548. The van der Waals surface area contributed by atoms with Crippen LogP contribution in [0.15, 0.2) is 0 Å². The number of aliphatic hydroxyl groups excluding tert-OH is 1. The highest BCUT2D eigenvalue weighted by Gasteiger charge is 2.21. The monoisotopic (exact) mass is 158 g/mol. The first-order valence-electron chi connectivity index (χ1n) is 4.29. The van der Waals surface area contributed by atoms with Gasteiger partial charge in [-0.3, -0.25) is 4.90 Å². The number of nitrogens with one attached hydrogen (secondary N) is 1. The first-order chi connectivity index (χ1) is 5.25. The van der Waals surface area contributed by atoms with Gasteiger partial charge in [-0.2, -0.15) is 0 Å². The number of hydrogen-bond acceptors (Lipinski definition) is 3. The summed E-state index contributed by atoms with van der Waals surface area (Å²) >= 11 is 0. The van der Waals surface area contributed by atoms with Crippen molar-refractivity contribution < 1.29 is 5.11 Å². The summed E-state index contributed by atoms with van der Waals surface area (Å²) < 4.78 is 0. The van der Waals surface area contributed by atoms with Crippen molar-refractivity contribution in [2.24, 2.45) is 0 Å². The summed E-state index contributed by atoms with van der Waals surface area (Å²) in [4.78, 5) is 2.25. The molecular weight excluding hydrogens is 140 g/mol. The molecule has 0 aromatic heterocycles. The Morgan fingerprint density at radius 3 is 3.00 bits per heavy atom. The Balaban J connectivity index is 2.49. The van der Waals surface area contributed by atoms with Crippen LogP contribution in [0.1, 0.15) is 13.3 Å². The van der Waals surface area contributed by atoms with Gasteiger partial charge in [0.25, 0.3) is 0 Å². The van der Waals surface area contributed by atoms with Gasteiger partial charge in [-0.05, 0) is 26.9 Å². The van der Waals surface area contributed by atoms with Crippen molar-refractivity contribution in [2.75, 3.05) is 26.7 Å². The first kappa shape index (κ1) is 8.97. The van der Waals surface area contributed by atoms with E-state index in [1.54, 1.807) is 0 Å². The predicted octanol–water partition coefficient (Wildman–Crippen LogP) is -0.339. The van der Waals surface area contributed by atoms with Gasteiger partial charge >= 0.3 is 0 Å². The van der Waals surface area contributed by atoms with Gasteiger partial charge in [-0.1, -0.05) is 0 Å². The zero-order chi connectivity index (χ0) is 8.27. The standard InChI is InChI=1S/C8H18N2O/c1-7-3-4-9-5-8(6-11)10(7)2/h7-9,11H,3-6H2,1-2H3. The fourth-order valence-electron chi connectivity index (χ4n) is 1.48. The van der Waals surface area contributed by atoms with Gasteiger partial charge in [0, 0.05) is 18.6 Å². The minimum absolute atomic E-state index is 0.258. The molecule has 1 fully saturated rings. The molecular formula is C8H18N2O. The Morgan fingerprint density at radius 2 is 2.36 bits per heavy atom. The highest BCUT2D eigenvalue weighted by molar-refractivity contribution is 4.79. The molecule has 2 N–H and O–H groups in total. The Bertz CT molecular complexity index is 119. The molecule has 0 amide bonds. The van der Waals surface area contributed by atoms with E-state index in [1.165, 1.54) is 6.42 Å². The lowest BCUT2D eigenvalue weighted by Crippen LogP contribution is -2.43. The van der Waals surface area contributed by atoms with E-state index < -0.39 is 0 Å². The molecule has 2 unspecified atom stereocenters. The smallest absolute Gasteiger partial charge is 0.0599 e. The number of likely N-dealkylation sites (N-methyl/N-ethyl adjacent to an activating group) is 1. The molecule has 1 rings (SSSR count). The van der Waals surface area contributed by atoms with Gasteiger partial charge in [-0.15, -0.1) is 0 Å². The number of rotatable bonds is 1. The fraction of sp³-hybridized carbons (Fsp3) is 1.00. The van der Waals surface area contributed by atoms with Gasteiger partial charge in [0.15, 0.2) is 0 Å². The lowest BCUT2D eigenvalue weighted by atomic mass is 10.2. The number of aliphatic hydroxyl groups is 1. The molecule has 66 valence electrons. The molecule has 0 saturated carbocycles. The van der Waals surface area contributed by atoms with Crippen molar-refractivity contribution in [2.45, 2.75) is 25.4 Å². The molecule has 1 aliphatic rings. The summed E-state index contributed by atoms with van der Waals surface area (Å²) in [7, 11) is 2.08. The van der Waals surface area contributed by atoms with Crippen LogP contribution in [0.2, 0.25) is 0 Å². The summed E-state index contributed by atoms with van der Waals surface area (Å²) in [5, 5.41) is 12.3. The highest BCUT2D eigenvalue weighted by atomic mass is 16.3. The van der Waals surface area contributed by atoms with E-state index in [4.69, 9.17) is 5.11 Å². The zero-order valence-electron chi connectivity index (χ0n) is 7.38. The molecule has 0 bridgehead atoms. The molecule has 3 nitrogen and oxygen atoms in total. The van der Waals surface area contributed by atoms with E-state index in [0.717, 1.165) is 13.1 Å². The zero-order valence-corrected chi connectivity index (χ0v) is 7.38. The minimum atomic E-state index is 0.258. The van der Waals surface area contributed by atoms with Gasteiger partial charge in [-0.25, -0.2) is 0 Å². The van der Waals surface area contributed by atoms with Crippen molar-refractivity contribution in [3.8, 4) is 0 Å². The molecule has 2 atom stereocenters. The fourth-order valence-corrected chi connectivity index (χ4v) is 1.48. The lowest BCUT2D eigenvalue weighted by molar-refractivity contribution is 0.125. The van der Waals surface area contributed by atoms with E-state index in [-0.39, 0.29) is 6.61 Å². The third-order valence-corrected chi connectivity index (χ3v) is 2.60. The molecule has 11 heavy (non-hydrogen) atoms. The Kier molecular flexibility index (Phi) is 3.30. The number of hydrogen-bond donors (Lipinski definition) is 2.